The van der Waals surface area contributed by atoms with Crippen molar-refractivity contribution in [3.63, 3.8) is 0 Å². The fourth-order valence-corrected chi connectivity index (χ4v) is 2.88. The minimum Gasteiger partial charge on any atom is -0.381 e. The second-order valence-corrected chi connectivity index (χ2v) is 5.80. The molecule has 0 saturated carbocycles. The number of hydrogen-bond acceptors (Lipinski definition) is 3. The van der Waals surface area contributed by atoms with E-state index in [1.54, 1.807) is 6.20 Å². The molecule has 0 amide bonds. The molecule has 1 aliphatic heterocycles. The van der Waals surface area contributed by atoms with Gasteiger partial charge in [-0.15, -0.1) is 0 Å². The molecule has 1 fully saturated rings. The van der Waals surface area contributed by atoms with Crippen LogP contribution < -0.4 is 10.2 Å². The quantitative estimate of drug-likeness (QED) is 0.928. The van der Waals surface area contributed by atoms with Crippen LogP contribution in [0.5, 0.6) is 0 Å². The fourth-order valence-electron chi connectivity index (χ4n) is 2.88. The molecule has 1 aromatic carbocycles. The van der Waals surface area contributed by atoms with Gasteiger partial charge in [-0.25, -0.2) is 13.8 Å². The first-order chi connectivity index (χ1) is 10.1. The highest BCUT2D eigenvalue weighted by Gasteiger charge is 2.20. The van der Waals surface area contributed by atoms with Gasteiger partial charge in [-0.1, -0.05) is 0 Å². The molecule has 1 aliphatic rings. The molecule has 0 atom stereocenters. The molecule has 3 rings (SSSR count). The van der Waals surface area contributed by atoms with Crippen molar-refractivity contribution in [3.05, 3.63) is 30.0 Å². The number of anilines is 2. The molecule has 112 valence electrons. The normalized spacial score (nSPS) is 15.2. The smallest absolute Gasteiger partial charge is 0.136 e. The van der Waals surface area contributed by atoms with Crippen LogP contribution in [0.1, 0.15) is 26.7 Å². The van der Waals surface area contributed by atoms with E-state index in [1.165, 1.54) is 6.07 Å². The van der Waals surface area contributed by atoms with Gasteiger partial charge in [-0.05, 0) is 32.8 Å². The molecule has 0 unspecified atom stereocenters. The summed E-state index contributed by atoms with van der Waals surface area (Å²) < 4.78 is 28.0. The van der Waals surface area contributed by atoms with Crippen molar-refractivity contribution in [1.82, 2.24) is 4.98 Å². The van der Waals surface area contributed by atoms with Gasteiger partial charge < -0.3 is 10.2 Å². The van der Waals surface area contributed by atoms with Gasteiger partial charge in [-0.3, -0.25) is 0 Å². The standard InChI is InChI=1S/C16H19F2N3/c1-10(2)20-14-9-19-16(21-5-3-4-6-21)12-7-11(17)8-13(18)15(12)14/h7-10,20H,3-6H2,1-2H3. The average molecular weight is 291 g/mol. The Balaban J connectivity index is 2.22. The molecule has 2 heterocycles. The molecule has 3 nitrogen and oxygen atoms in total. The van der Waals surface area contributed by atoms with E-state index in [0.717, 1.165) is 32.0 Å². The van der Waals surface area contributed by atoms with E-state index in [2.05, 4.69) is 15.2 Å². The summed E-state index contributed by atoms with van der Waals surface area (Å²) in [5.74, 6) is -0.435. The van der Waals surface area contributed by atoms with Crippen molar-refractivity contribution < 1.29 is 8.78 Å². The minimum atomic E-state index is -0.566. The van der Waals surface area contributed by atoms with Crippen LogP contribution in [-0.4, -0.2) is 24.1 Å². The van der Waals surface area contributed by atoms with Crippen molar-refractivity contribution in [2.45, 2.75) is 32.7 Å². The predicted octanol–water partition coefficient (Wildman–Crippen LogP) is 3.93. The van der Waals surface area contributed by atoms with Gasteiger partial charge in [0.15, 0.2) is 0 Å². The molecule has 1 saturated heterocycles. The highest BCUT2D eigenvalue weighted by Crippen LogP contribution is 2.34. The number of benzene rings is 1. The largest absolute Gasteiger partial charge is 0.381 e. The van der Waals surface area contributed by atoms with E-state index in [1.807, 2.05) is 13.8 Å². The number of rotatable bonds is 3. The van der Waals surface area contributed by atoms with E-state index < -0.39 is 11.6 Å². The lowest BCUT2D eigenvalue weighted by Crippen LogP contribution is -2.20. The lowest BCUT2D eigenvalue weighted by molar-refractivity contribution is 0.592. The van der Waals surface area contributed by atoms with Crippen LogP contribution in [0.4, 0.5) is 20.3 Å². The number of nitrogens with one attached hydrogen (secondary N) is 1. The van der Waals surface area contributed by atoms with Crippen LogP contribution in [0.15, 0.2) is 18.3 Å². The van der Waals surface area contributed by atoms with E-state index in [4.69, 9.17) is 0 Å². The monoisotopic (exact) mass is 291 g/mol. The lowest BCUT2D eigenvalue weighted by Gasteiger charge is -2.21. The second-order valence-electron chi connectivity index (χ2n) is 5.80. The summed E-state index contributed by atoms with van der Waals surface area (Å²) >= 11 is 0. The summed E-state index contributed by atoms with van der Waals surface area (Å²) in [6, 6.07) is 2.46. The molecule has 0 spiro atoms. The Kier molecular flexibility index (Phi) is 3.66. The molecular formula is C16H19F2N3. The van der Waals surface area contributed by atoms with Crippen molar-refractivity contribution in [2.24, 2.45) is 0 Å². The van der Waals surface area contributed by atoms with Gasteiger partial charge in [0, 0.05) is 36.0 Å². The molecule has 0 bridgehead atoms. The maximum Gasteiger partial charge on any atom is 0.136 e. The molecule has 1 aromatic heterocycles. The zero-order chi connectivity index (χ0) is 15.0. The van der Waals surface area contributed by atoms with Crippen LogP contribution in [0.2, 0.25) is 0 Å². The summed E-state index contributed by atoms with van der Waals surface area (Å²) in [7, 11) is 0. The maximum atomic E-state index is 14.3. The van der Waals surface area contributed by atoms with Crippen molar-refractivity contribution >= 4 is 22.3 Å². The number of pyridine rings is 1. The summed E-state index contributed by atoms with van der Waals surface area (Å²) in [5, 5.41) is 4.14. The predicted molar refractivity (Wildman–Crippen MR) is 81.9 cm³/mol. The summed E-state index contributed by atoms with van der Waals surface area (Å²) in [6.07, 6.45) is 3.83. The van der Waals surface area contributed by atoms with E-state index in [0.29, 0.717) is 22.3 Å². The van der Waals surface area contributed by atoms with Gasteiger partial charge in [0.2, 0.25) is 0 Å². The number of halogens is 2. The van der Waals surface area contributed by atoms with E-state index >= 15 is 0 Å². The van der Waals surface area contributed by atoms with Gasteiger partial charge >= 0.3 is 0 Å². The first-order valence-electron chi connectivity index (χ1n) is 7.35. The van der Waals surface area contributed by atoms with E-state index in [9.17, 15) is 8.78 Å². The van der Waals surface area contributed by atoms with Gasteiger partial charge in [-0.2, -0.15) is 0 Å². The zero-order valence-corrected chi connectivity index (χ0v) is 12.3. The Bertz CT molecular complexity index is 664. The van der Waals surface area contributed by atoms with Crippen LogP contribution in [0, 0.1) is 11.6 Å². The lowest BCUT2D eigenvalue weighted by atomic mass is 10.1. The molecule has 21 heavy (non-hydrogen) atoms. The Morgan fingerprint density at radius 3 is 2.57 bits per heavy atom. The molecule has 5 heteroatoms. The fraction of sp³-hybridized carbons (Fsp3) is 0.438. The summed E-state index contributed by atoms with van der Waals surface area (Å²) in [6.45, 7) is 5.72. The highest BCUT2D eigenvalue weighted by atomic mass is 19.1. The first kappa shape index (κ1) is 14.0. The Hall–Kier alpha value is -1.91. The summed E-state index contributed by atoms with van der Waals surface area (Å²) in [4.78, 5) is 6.55. The number of aromatic nitrogens is 1. The third-order valence-corrected chi connectivity index (χ3v) is 3.73. The van der Waals surface area contributed by atoms with Crippen molar-refractivity contribution in [2.75, 3.05) is 23.3 Å². The van der Waals surface area contributed by atoms with Gasteiger partial charge in [0.25, 0.3) is 0 Å². The highest BCUT2D eigenvalue weighted by molar-refractivity contribution is 6.00. The Morgan fingerprint density at radius 1 is 1.19 bits per heavy atom. The molecule has 1 N–H and O–H groups in total. The first-order valence-corrected chi connectivity index (χ1v) is 7.35. The molecule has 0 aliphatic carbocycles. The van der Waals surface area contributed by atoms with Crippen LogP contribution in [-0.2, 0) is 0 Å². The SMILES string of the molecule is CC(C)Nc1cnc(N2CCCC2)c2cc(F)cc(F)c12. The second kappa shape index (κ2) is 5.47. The topological polar surface area (TPSA) is 28.2 Å². The Labute approximate surface area is 123 Å². The zero-order valence-electron chi connectivity index (χ0n) is 12.3. The van der Waals surface area contributed by atoms with Crippen molar-refractivity contribution in [1.29, 1.82) is 0 Å². The summed E-state index contributed by atoms with van der Waals surface area (Å²) in [5.41, 5.74) is 0.612. The van der Waals surface area contributed by atoms with Crippen LogP contribution >= 0.6 is 0 Å². The van der Waals surface area contributed by atoms with Gasteiger partial charge in [0.05, 0.1) is 11.9 Å². The Morgan fingerprint density at radius 2 is 1.90 bits per heavy atom. The number of hydrogen-bond donors (Lipinski definition) is 1. The maximum absolute atomic E-state index is 14.3. The van der Waals surface area contributed by atoms with Crippen LogP contribution in [0.3, 0.4) is 0 Å². The number of nitrogens with zero attached hydrogens (tertiary/aromatic N) is 2. The van der Waals surface area contributed by atoms with Crippen molar-refractivity contribution in [3.8, 4) is 0 Å². The average Bonchev–Trinajstić information content (AvgIpc) is 2.91. The molecule has 0 radical (unpaired) electrons. The third kappa shape index (κ3) is 2.64. The number of fused-ring (bicyclic) bond motifs is 1. The molecular weight excluding hydrogens is 272 g/mol. The third-order valence-electron chi connectivity index (χ3n) is 3.73. The van der Waals surface area contributed by atoms with E-state index in [-0.39, 0.29) is 6.04 Å². The van der Waals surface area contributed by atoms with Crippen LogP contribution in [0.25, 0.3) is 10.8 Å². The minimum absolute atomic E-state index is 0.150. The van der Waals surface area contributed by atoms with Gasteiger partial charge in [0.1, 0.15) is 17.5 Å². The molecule has 2 aromatic rings.